The Labute approximate surface area is 125 Å². The maximum Gasteiger partial charge on any atom is 0.338 e. The summed E-state index contributed by atoms with van der Waals surface area (Å²) in [7, 11) is 0. The zero-order valence-electron chi connectivity index (χ0n) is 12.7. The summed E-state index contributed by atoms with van der Waals surface area (Å²) in [5.74, 6) is 0.435. The Hall–Kier alpha value is -2.29. The van der Waals surface area contributed by atoms with Crippen LogP contribution in [0.2, 0.25) is 0 Å². The molecular formula is C18H20O3. The highest BCUT2D eigenvalue weighted by molar-refractivity contribution is 5.89. The van der Waals surface area contributed by atoms with E-state index in [2.05, 4.69) is 26.0 Å². The molecular weight excluding hydrogens is 264 g/mol. The van der Waals surface area contributed by atoms with E-state index >= 15 is 0 Å². The van der Waals surface area contributed by atoms with E-state index in [0.717, 1.165) is 5.75 Å². The quantitative estimate of drug-likeness (QED) is 0.777. The van der Waals surface area contributed by atoms with Crippen LogP contribution in [0.25, 0.3) is 0 Å². The second kappa shape index (κ2) is 6.93. The maximum absolute atomic E-state index is 11.6. The molecule has 0 unspecified atom stereocenters. The van der Waals surface area contributed by atoms with Gasteiger partial charge >= 0.3 is 5.97 Å². The van der Waals surface area contributed by atoms with Gasteiger partial charge in [-0.25, -0.2) is 4.79 Å². The largest absolute Gasteiger partial charge is 0.489 e. The van der Waals surface area contributed by atoms with Gasteiger partial charge in [-0.2, -0.15) is 0 Å². The number of carbonyl (C=O) groups is 1. The Kier molecular flexibility index (Phi) is 4.99. The Morgan fingerprint density at radius 1 is 1.00 bits per heavy atom. The molecule has 0 radical (unpaired) electrons. The molecule has 0 heterocycles. The van der Waals surface area contributed by atoms with Crippen molar-refractivity contribution in [1.29, 1.82) is 0 Å². The van der Waals surface area contributed by atoms with Crippen molar-refractivity contribution in [2.45, 2.75) is 27.4 Å². The smallest absolute Gasteiger partial charge is 0.338 e. The Balaban J connectivity index is 2.03. The summed E-state index contributed by atoms with van der Waals surface area (Å²) in [6, 6.07) is 13.2. The van der Waals surface area contributed by atoms with E-state index < -0.39 is 0 Å². The van der Waals surface area contributed by atoms with E-state index in [4.69, 9.17) is 9.47 Å². The van der Waals surface area contributed by atoms with E-state index in [0.29, 0.717) is 18.8 Å². The molecule has 0 fully saturated rings. The maximum atomic E-state index is 11.6. The summed E-state index contributed by atoms with van der Waals surface area (Å²) in [6.07, 6.45) is 0. The highest BCUT2D eigenvalue weighted by Gasteiger charge is 2.07. The van der Waals surface area contributed by atoms with Crippen molar-refractivity contribution < 1.29 is 14.3 Å². The SMILES string of the molecule is CCOC(=O)c1ccc(OCc2c(C)cccc2C)cc1. The van der Waals surface area contributed by atoms with Crippen LogP contribution in [-0.4, -0.2) is 12.6 Å². The summed E-state index contributed by atoms with van der Waals surface area (Å²) in [6.45, 7) is 6.85. The van der Waals surface area contributed by atoms with Gasteiger partial charge in [-0.1, -0.05) is 18.2 Å². The van der Waals surface area contributed by atoms with Gasteiger partial charge in [0.2, 0.25) is 0 Å². The minimum Gasteiger partial charge on any atom is -0.489 e. The predicted octanol–water partition coefficient (Wildman–Crippen LogP) is 4.06. The summed E-state index contributed by atoms with van der Waals surface area (Å²) in [5, 5.41) is 0. The second-order valence-corrected chi connectivity index (χ2v) is 4.90. The van der Waals surface area contributed by atoms with Crippen LogP contribution in [0.1, 0.15) is 34.0 Å². The molecule has 0 aliphatic heterocycles. The van der Waals surface area contributed by atoms with Gasteiger partial charge in [-0.3, -0.25) is 0 Å². The molecule has 0 saturated carbocycles. The zero-order chi connectivity index (χ0) is 15.2. The average Bonchev–Trinajstić information content (AvgIpc) is 2.47. The average molecular weight is 284 g/mol. The first-order valence-electron chi connectivity index (χ1n) is 7.07. The molecule has 2 aromatic carbocycles. The number of rotatable bonds is 5. The van der Waals surface area contributed by atoms with Crippen LogP contribution in [0.5, 0.6) is 5.75 Å². The fourth-order valence-electron chi connectivity index (χ4n) is 2.13. The molecule has 0 N–H and O–H groups in total. The fourth-order valence-corrected chi connectivity index (χ4v) is 2.13. The van der Waals surface area contributed by atoms with Gasteiger partial charge in [-0.05, 0) is 61.7 Å². The van der Waals surface area contributed by atoms with Crippen LogP contribution in [-0.2, 0) is 11.3 Å². The van der Waals surface area contributed by atoms with Crippen LogP contribution >= 0.6 is 0 Å². The van der Waals surface area contributed by atoms with Gasteiger partial charge in [0.05, 0.1) is 12.2 Å². The number of hydrogen-bond acceptors (Lipinski definition) is 3. The molecule has 3 heteroatoms. The molecule has 0 bridgehead atoms. The lowest BCUT2D eigenvalue weighted by atomic mass is 10.0. The van der Waals surface area contributed by atoms with Crippen molar-refractivity contribution in [2.75, 3.05) is 6.61 Å². The zero-order valence-corrected chi connectivity index (χ0v) is 12.7. The third kappa shape index (κ3) is 3.85. The first-order valence-corrected chi connectivity index (χ1v) is 7.07. The number of carbonyl (C=O) groups excluding carboxylic acids is 1. The predicted molar refractivity (Wildman–Crippen MR) is 82.6 cm³/mol. The summed E-state index contributed by atoms with van der Waals surface area (Å²) in [5.41, 5.74) is 4.18. The topological polar surface area (TPSA) is 35.5 Å². The lowest BCUT2D eigenvalue weighted by molar-refractivity contribution is 0.0526. The van der Waals surface area contributed by atoms with Crippen molar-refractivity contribution >= 4 is 5.97 Å². The van der Waals surface area contributed by atoms with Gasteiger partial charge in [0.25, 0.3) is 0 Å². The van der Waals surface area contributed by atoms with Crippen molar-refractivity contribution in [1.82, 2.24) is 0 Å². The minimum absolute atomic E-state index is 0.307. The van der Waals surface area contributed by atoms with Crippen molar-refractivity contribution in [3.63, 3.8) is 0 Å². The van der Waals surface area contributed by atoms with Gasteiger partial charge < -0.3 is 9.47 Å². The molecule has 110 valence electrons. The molecule has 0 aliphatic carbocycles. The summed E-state index contributed by atoms with van der Waals surface area (Å²) >= 11 is 0. The normalized spacial score (nSPS) is 10.2. The first-order chi connectivity index (χ1) is 10.1. The van der Waals surface area contributed by atoms with Crippen molar-refractivity contribution in [2.24, 2.45) is 0 Å². The molecule has 2 rings (SSSR count). The Bertz CT molecular complexity index is 595. The van der Waals surface area contributed by atoms with Crippen LogP contribution in [0.3, 0.4) is 0 Å². The number of esters is 1. The molecule has 3 nitrogen and oxygen atoms in total. The molecule has 0 aliphatic rings. The molecule has 0 saturated heterocycles. The molecule has 21 heavy (non-hydrogen) atoms. The van der Waals surface area contributed by atoms with E-state index in [1.54, 1.807) is 31.2 Å². The summed E-state index contributed by atoms with van der Waals surface area (Å²) in [4.78, 5) is 11.6. The molecule has 2 aromatic rings. The second-order valence-electron chi connectivity index (χ2n) is 4.90. The Morgan fingerprint density at radius 3 is 2.19 bits per heavy atom. The van der Waals surface area contributed by atoms with Gasteiger partial charge in [0, 0.05) is 0 Å². The standard InChI is InChI=1S/C18H20O3/c1-4-20-18(19)15-8-10-16(11-9-15)21-12-17-13(2)6-5-7-14(17)3/h5-11H,4,12H2,1-3H3. The number of benzene rings is 2. The third-order valence-electron chi connectivity index (χ3n) is 3.39. The molecule has 0 amide bonds. The minimum atomic E-state index is -0.307. The van der Waals surface area contributed by atoms with Gasteiger partial charge in [0.1, 0.15) is 12.4 Å². The Morgan fingerprint density at radius 2 is 1.62 bits per heavy atom. The highest BCUT2D eigenvalue weighted by atomic mass is 16.5. The number of aryl methyl sites for hydroxylation is 2. The summed E-state index contributed by atoms with van der Waals surface area (Å²) < 4.78 is 10.7. The van der Waals surface area contributed by atoms with Gasteiger partial charge in [-0.15, -0.1) is 0 Å². The van der Waals surface area contributed by atoms with E-state index in [-0.39, 0.29) is 5.97 Å². The third-order valence-corrected chi connectivity index (χ3v) is 3.39. The monoisotopic (exact) mass is 284 g/mol. The first kappa shape index (κ1) is 15.1. The fraction of sp³-hybridized carbons (Fsp3) is 0.278. The molecule has 0 spiro atoms. The molecule has 0 aromatic heterocycles. The van der Waals surface area contributed by atoms with Crippen LogP contribution in [0.4, 0.5) is 0 Å². The van der Waals surface area contributed by atoms with E-state index in [9.17, 15) is 4.79 Å². The van der Waals surface area contributed by atoms with Crippen molar-refractivity contribution in [3.05, 3.63) is 64.7 Å². The van der Waals surface area contributed by atoms with Gasteiger partial charge in [0.15, 0.2) is 0 Å². The van der Waals surface area contributed by atoms with Crippen LogP contribution in [0, 0.1) is 13.8 Å². The van der Waals surface area contributed by atoms with Crippen LogP contribution < -0.4 is 4.74 Å². The molecule has 0 atom stereocenters. The van der Waals surface area contributed by atoms with Crippen molar-refractivity contribution in [3.8, 4) is 5.75 Å². The van der Waals surface area contributed by atoms with E-state index in [1.165, 1.54) is 16.7 Å². The number of hydrogen-bond donors (Lipinski definition) is 0. The number of ether oxygens (including phenoxy) is 2. The van der Waals surface area contributed by atoms with E-state index in [1.807, 2.05) is 6.07 Å². The lowest BCUT2D eigenvalue weighted by Gasteiger charge is -2.11. The van der Waals surface area contributed by atoms with Crippen LogP contribution in [0.15, 0.2) is 42.5 Å². The lowest BCUT2D eigenvalue weighted by Crippen LogP contribution is -2.04. The highest BCUT2D eigenvalue weighted by Crippen LogP contribution is 2.18.